The Kier molecular flexibility index (Phi) is 5.23. The van der Waals surface area contributed by atoms with Gasteiger partial charge in [0, 0.05) is 15.8 Å². The van der Waals surface area contributed by atoms with E-state index in [9.17, 15) is 27.5 Å². The van der Waals surface area contributed by atoms with Crippen LogP contribution in [0.25, 0.3) is 22.2 Å². The molecule has 1 aliphatic rings. The molecular formula is C22H12ClF4N3O3S. The third-order valence-electron chi connectivity index (χ3n) is 5.26. The van der Waals surface area contributed by atoms with E-state index in [2.05, 4.69) is 10.1 Å². The fraction of sp³-hybridized carbons (Fsp3) is 0.136. The molecule has 5 rings (SSSR count). The zero-order valence-electron chi connectivity index (χ0n) is 16.8. The average molecular weight is 510 g/mol. The number of hydrazone groups is 1. The van der Waals surface area contributed by atoms with Gasteiger partial charge in [-0.25, -0.2) is 14.2 Å². The monoisotopic (exact) mass is 509 g/mol. The van der Waals surface area contributed by atoms with Gasteiger partial charge in [0.25, 0.3) is 5.72 Å². The van der Waals surface area contributed by atoms with Crippen LogP contribution in [-0.2, 0) is 0 Å². The highest BCUT2D eigenvalue weighted by Crippen LogP contribution is 2.45. The molecule has 6 nitrogen and oxygen atoms in total. The number of hydrogen-bond donors (Lipinski definition) is 1. The number of hydrogen-bond acceptors (Lipinski definition) is 7. The van der Waals surface area contributed by atoms with Crippen LogP contribution in [0.15, 0.2) is 68.2 Å². The molecule has 0 saturated carbocycles. The maximum Gasteiger partial charge on any atom is 0.438 e. The van der Waals surface area contributed by atoms with Gasteiger partial charge in [0.05, 0.1) is 23.4 Å². The molecule has 4 aromatic rings. The number of rotatable bonds is 3. The normalized spacial score (nSPS) is 18.5. The van der Waals surface area contributed by atoms with E-state index in [-0.39, 0.29) is 33.2 Å². The smallest absolute Gasteiger partial charge is 0.422 e. The van der Waals surface area contributed by atoms with Crippen molar-refractivity contribution in [2.75, 3.05) is 5.01 Å². The van der Waals surface area contributed by atoms with Gasteiger partial charge in [-0.2, -0.15) is 23.3 Å². The number of fused-ring (bicyclic) bond motifs is 1. The number of aliphatic hydroxyl groups is 1. The Morgan fingerprint density at radius 1 is 1.15 bits per heavy atom. The summed E-state index contributed by atoms with van der Waals surface area (Å²) >= 11 is 6.74. The first-order valence-corrected chi connectivity index (χ1v) is 10.9. The van der Waals surface area contributed by atoms with Crippen molar-refractivity contribution in [1.82, 2.24) is 4.98 Å². The lowest BCUT2D eigenvalue weighted by Gasteiger charge is -2.32. The van der Waals surface area contributed by atoms with Crippen LogP contribution >= 0.6 is 22.9 Å². The standard InChI is InChI=1S/C22H12ClF4N3O3S/c23-13-3-6-18-12(7-13)8-15(19(31)33-18)17-10-34-20(28-17)30-21(32,22(25,26)27)9-16(29-30)11-1-4-14(24)5-2-11/h1-8,10,32H,9H2/t21-/m1/s1. The molecule has 1 N–H and O–H groups in total. The number of aromatic nitrogens is 1. The van der Waals surface area contributed by atoms with Crippen LogP contribution < -0.4 is 10.6 Å². The molecule has 2 aromatic heterocycles. The van der Waals surface area contributed by atoms with Gasteiger partial charge in [0.15, 0.2) is 0 Å². The molecule has 0 saturated heterocycles. The molecule has 0 unspecified atom stereocenters. The average Bonchev–Trinajstić information content (AvgIpc) is 3.39. The van der Waals surface area contributed by atoms with E-state index in [1.807, 2.05) is 0 Å². The van der Waals surface area contributed by atoms with Gasteiger partial charge in [0.2, 0.25) is 5.13 Å². The molecular weight excluding hydrogens is 498 g/mol. The highest BCUT2D eigenvalue weighted by molar-refractivity contribution is 7.14. The fourth-order valence-electron chi connectivity index (χ4n) is 3.53. The van der Waals surface area contributed by atoms with Gasteiger partial charge >= 0.3 is 11.8 Å². The molecule has 2 aromatic carbocycles. The summed E-state index contributed by atoms with van der Waals surface area (Å²) in [7, 11) is 0. The summed E-state index contributed by atoms with van der Waals surface area (Å²) in [6, 6.07) is 10.8. The van der Waals surface area contributed by atoms with Crippen LogP contribution in [-0.4, -0.2) is 27.7 Å². The zero-order valence-corrected chi connectivity index (χ0v) is 18.4. The molecule has 0 radical (unpaired) electrons. The second-order valence-electron chi connectivity index (χ2n) is 7.50. The van der Waals surface area contributed by atoms with Crippen molar-refractivity contribution in [3.8, 4) is 11.3 Å². The Morgan fingerprint density at radius 2 is 1.88 bits per heavy atom. The third-order valence-corrected chi connectivity index (χ3v) is 6.31. The molecule has 0 fully saturated rings. The van der Waals surface area contributed by atoms with E-state index >= 15 is 0 Å². The van der Waals surface area contributed by atoms with Crippen LogP contribution in [0.1, 0.15) is 12.0 Å². The van der Waals surface area contributed by atoms with Gasteiger partial charge in [-0.15, -0.1) is 11.3 Å². The first-order chi connectivity index (χ1) is 16.0. The molecule has 3 heterocycles. The van der Waals surface area contributed by atoms with Crippen molar-refractivity contribution in [1.29, 1.82) is 0 Å². The molecule has 1 aliphatic heterocycles. The fourth-order valence-corrected chi connectivity index (χ4v) is 4.55. The summed E-state index contributed by atoms with van der Waals surface area (Å²) in [4.78, 5) is 16.6. The summed E-state index contributed by atoms with van der Waals surface area (Å²) in [5.41, 5.74) is -3.66. The Labute approximate surface area is 197 Å². The number of alkyl halides is 3. The minimum absolute atomic E-state index is 0.00903. The molecule has 12 heteroatoms. The molecule has 34 heavy (non-hydrogen) atoms. The van der Waals surface area contributed by atoms with Gasteiger partial charge < -0.3 is 9.52 Å². The van der Waals surface area contributed by atoms with Crippen molar-refractivity contribution in [3.63, 3.8) is 0 Å². The van der Waals surface area contributed by atoms with Crippen LogP contribution in [0.5, 0.6) is 0 Å². The highest BCUT2D eigenvalue weighted by atomic mass is 35.5. The van der Waals surface area contributed by atoms with Crippen molar-refractivity contribution >= 4 is 44.8 Å². The third kappa shape index (κ3) is 3.75. The lowest BCUT2D eigenvalue weighted by molar-refractivity contribution is -0.254. The number of anilines is 1. The Bertz CT molecular complexity index is 1500. The lowest BCUT2D eigenvalue weighted by Crippen LogP contribution is -2.55. The molecule has 174 valence electrons. The first kappa shape index (κ1) is 22.5. The van der Waals surface area contributed by atoms with Crippen LogP contribution in [0.2, 0.25) is 5.02 Å². The largest absolute Gasteiger partial charge is 0.438 e. The Balaban J connectivity index is 1.58. The van der Waals surface area contributed by atoms with Crippen LogP contribution in [0.4, 0.5) is 22.7 Å². The molecule has 0 bridgehead atoms. The Morgan fingerprint density at radius 3 is 2.59 bits per heavy atom. The van der Waals surface area contributed by atoms with Crippen LogP contribution in [0, 0.1) is 5.82 Å². The van der Waals surface area contributed by atoms with E-state index in [4.69, 9.17) is 16.0 Å². The van der Waals surface area contributed by atoms with Crippen molar-refractivity contribution < 1.29 is 27.1 Å². The SMILES string of the molecule is O=c1oc2ccc(Cl)cc2cc1-c1csc(N2N=C(c3ccc(F)cc3)C[C@@]2(O)C(F)(F)F)n1. The molecule has 0 aliphatic carbocycles. The van der Waals surface area contributed by atoms with E-state index in [0.717, 1.165) is 23.5 Å². The maximum atomic E-state index is 13.9. The maximum absolute atomic E-state index is 13.9. The quantitative estimate of drug-likeness (QED) is 0.288. The molecule has 0 amide bonds. The van der Waals surface area contributed by atoms with Gasteiger partial charge in [-0.05, 0) is 42.0 Å². The summed E-state index contributed by atoms with van der Waals surface area (Å²) in [5, 5.41) is 16.9. The summed E-state index contributed by atoms with van der Waals surface area (Å²) in [6.07, 6.45) is -5.99. The van der Waals surface area contributed by atoms with Crippen molar-refractivity contribution in [3.05, 3.63) is 80.7 Å². The van der Waals surface area contributed by atoms with E-state index in [1.54, 1.807) is 12.1 Å². The number of thiazole rings is 1. The molecule has 0 spiro atoms. The minimum atomic E-state index is -5.09. The highest BCUT2D eigenvalue weighted by Gasteiger charge is 2.62. The van der Waals surface area contributed by atoms with Gasteiger partial charge in [-0.3, -0.25) is 0 Å². The minimum Gasteiger partial charge on any atom is -0.422 e. The van der Waals surface area contributed by atoms with E-state index < -0.39 is 29.8 Å². The van der Waals surface area contributed by atoms with Gasteiger partial charge in [0.1, 0.15) is 11.4 Å². The van der Waals surface area contributed by atoms with Crippen molar-refractivity contribution in [2.45, 2.75) is 18.3 Å². The van der Waals surface area contributed by atoms with E-state index in [0.29, 0.717) is 15.4 Å². The predicted octanol–water partition coefficient (Wildman–Crippen LogP) is 5.57. The number of benzene rings is 2. The predicted molar refractivity (Wildman–Crippen MR) is 120 cm³/mol. The van der Waals surface area contributed by atoms with Crippen molar-refractivity contribution in [2.24, 2.45) is 5.10 Å². The Hall–Kier alpha value is -3.28. The first-order valence-electron chi connectivity index (χ1n) is 9.67. The summed E-state index contributed by atoms with van der Waals surface area (Å²) < 4.78 is 60.3. The number of halogens is 5. The van der Waals surface area contributed by atoms with Crippen LogP contribution in [0.3, 0.4) is 0 Å². The zero-order chi connectivity index (χ0) is 24.3. The summed E-state index contributed by atoms with van der Waals surface area (Å²) in [5.74, 6) is -0.564. The number of nitrogens with zero attached hydrogens (tertiary/aromatic N) is 3. The summed E-state index contributed by atoms with van der Waals surface area (Å²) in [6.45, 7) is 0. The van der Waals surface area contributed by atoms with Gasteiger partial charge in [-0.1, -0.05) is 23.7 Å². The van der Waals surface area contributed by atoms with E-state index in [1.165, 1.54) is 29.6 Å². The second kappa shape index (κ2) is 7.90. The lowest BCUT2D eigenvalue weighted by atomic mass is 10.0. The second-order valence-corrected chi connectivity index (χ2v) is 8.77. The topological polar surface area (TPSA) is 78.9 Å². The molecule has 1 atom stereocenters.